The predicted octanol–water partition coefficient (Wildman–Crippen LogP) is 4.63. The maximum atomic E-state index is 5.59. The molecular weight excluding hydrogens is 204 g/mol. The standard InChI is InChI=1S/C13H22OS/c1-2-3-4-5-6-7-10-14-12-13-9-8-11-15-13/h8-9,11H,2-7,10,12H2,1H3. The SMILES string of the molecule is CCCCCCCCOCc1cccs1. The number of thiophene rings is 1. The lowest BCUT2D eigenvalue weighted by molar-refractivity contribution is 0.119. The van der Waals surface area contributed by atoms with Crippen LogP contribution in [0.25, 0.3) is 0 Å². The second-order valence-electron chi connectivity index (χ2n) is 3.90. The van der Waals surface area contributed by atoms with Crippen molar-refractivity contribution in [2.45, 2.75) is 52.1 Å². The van der Waals surface area contributed by atoms with Crippen molar-refractivity contribution in [3.63, 3.8) is 0 Å². The number of rotatable bonds is 9. The molecule has 0 amide bonds. The van der Waals surface area contributed by atoms with Crippen LogP contribution in [0.15, 0.2) is 17.5 Å². The molecule has 0 saturated heterocycles. The molecule has 0 fully saturated rings. The van der Waals surface area contributed by atoms with Crippen molar-refractivity contribution >= 4 is 11.3 Å². The molecule has 0 aliphatic carbocycles. The minimum Gasteiger partial charge on any atom is -0.376 e. The highest BCUT2D eigenvalue weighted by Crippen LogP contribution is 2.10. The molecule has 0 N–H and O–H groups in total. The largest absolute Gasteiger partial charge is 0.376 e. The van der Waals surface area contributed by atoms with Gasteiger partial charge in [-0.25, -0.2) is 0 Å². The molecule has 15 heavy (non-hydrogen) atoms. The molecule has 0 spiro atoms. The summed E-state index contributed by atoms with van der Waals surface area (Å²) in [5.74, 6) is 0. The van der Waals surface area contributed by atoms with Gasteiger partial charge in [-0.2, -0.15) is 0 Å². The minimum absolute atomic E-state index is 0.798. The van der Waals surface area contributed by atoms with Crippen LogP contribution in [0, 0.1) is 0 Å². The van der Waals surface area contributed by atoms with E-state index in [-0.39, 0.29) is 0 Å². The molecular formula is C13H22OS. The van der Waals surface area contributed by atoms with E-state index in [4.69, 9.17) is 4.74 Å². The normalized spacial score (nSPS) is 10.7. The average Bonchev–Trinajstić information content (AvgIpc) is 2.75. The lowest BCUT2D eigenvalue weighted by Crippen LogP contribution is -1.93. The monoisotopic (exact) mass is 226 g/mol. The lowest BCUT2D eigenvalue weighted by Gasteiger charge is -2.02. The van der Waals surface area contributed by atoms with Gasteiger partial charge in [0.25, 0.3) is 0 Å². The van der Waals surface area contributed by atoms with Crippen molar-refractivity contribution in [3.8, 4) is 0 Å². The Morgan fingerprint density at radius 1 is 1.13 bits per heavy atom. The first-order valence-electron chi connectivity index (χ1n) is 6.03. The highest BCUT2D eigenvalue weighted by molar-refractivity contribution is 7.09. The van der Waals surface area contributed by atoms with E-state index in [0.717, 1.165) is 13.2 Å². The van der Waals surface area contributed by atoms with Crippen LogP contribution in [-0.2, 0) is 11.3 Å². The van der Waals surface area contributed by atoms with Gasteiger partial charge in [0.1, 0.15) is 0 Å². The van der Waals surface area contributed by atoms with Gasteiger partial charge in [0, 0.05) is 11.5 Å². The van der Waals surface area contributed by atoms with Gasteiger partial charge >= 0.3 is 0 Å². The fraction of sp³-hybridized carbons (Fsp3) is 0.692. The Labute approximate surface area is 97.5 Å². The molecule has 86 valence electrons. The highest BCUT2D eigenvalue weighted by Gasteiger charge is 1.94. The topological polar surface area (TPSA) is 9.23 Å². The van der Waals surface area contributed by atoms with E-state index in [1.807, 2.05) is 0 Å². The Kier molecular flexibility index (Phi) is 7.58. The Balaban J connectivity index is 1.81. The predicted molar refractivity (Wildman–Crippen MR) is 67.4 cm³/mol. The van der Waals surface area contributed by atoms with E-state index < -0.39 is 0 Å². The maximum absolute atomic E-state index is 5.59. The molecule has 0 atom stereocenters. The third-order valence-corrected chi connectivity index (χ3v) is 3.32. The summed E-state index contributed by atoms with van der Waals surface area (Å²) in [6.07, 6.45) is 8.02. The summed E-state index contributed by atoms with van der Waals surface area (Å²) < 4.78 is 5.59. The third-order valence-electron chi connectivity index (χ3n) is 2.47. The summed E-state index contributed by atoms with van der Waals surface area (Å²) in [5.41, 5.74) is 0. The van der Waals surface area contributed by atoms with Crippen molar-refractivity contribution in [2.75, 3.05) is 6.61 Å². The molecule has 1 nitrogen and oxygen atoms in total. The molecule has 0 saturated carbocycles. The van der Waals surface area contributed by atoms with Crippen LogP contribution in [0.1, 0.15) is 50.3 Å². The van der Waals surface area contributed by atoms with Crippen LogP contribution in [0.2, 0.25) is 0 Å². The van der Waals surface area contributed by atoms with Crippen LogP contribution in [0.5, 0.6) is 0 Å². The van der Waals surface area contributed by atoms with Gasteiger partial charge in [-0.3, -0.25) is 0 Å². The van der Waals surface area contributed by atoms with Gasteiger partial charge in [-0.1, -0.05) is 45.1 Å². The summed E-state index contributed by atoms with van der Waals surface area (Å²) in [7, 11) is 0. The Morgan fingerprint density at radius 3 is 2.67 bits per heavy atom. The Bertz CT molecular complexity index is 218. The zero-order valence-corrected chi connectivity index (χ0v) is 10.5. The molecule has 1 heterocycles. The van der Waals surface area contributed by atoms with Crippen molar-refractivity contribution in [3.05, 3.63) is 22.4 Å². The van der Waals surface area contributed by atoms with Crippen LogP contribution in [0.3, 0.4) is 0 Å². The average molecular weight is 226 g/mol. The Hall–Kier alpha value is -0.340. The van der Waals surface area contributed by atoms with Crippen LogP contribution in [-0.4, -0.2) is 6.61 Å². The molecule has 0 bridgehead atoms. The summed E-state index contributed by atoms with van der Waals surface area (Å²) in [5, 5.41) is 2.10. The summed E-state index contributed by atoms with van der Waals surface area (Å²) in [4.78, 5) is 1.33. The van der Waals surface area contributed by atoms with E-state index in [1.165, 1.54) is 43.4 Å². The third kappa shape index (κ3) is 6.69. The van der Waals surface area contributed by atoms with Crippen LogP contribution < -0.4 is 0 Å². The van der Waals surface area contributed by atoms with Gasteiger partial charge in [0.05, 0.1) is 6.61 Å². The van der Waals surface area contributed by atoms with Crippen molar-refractivity contribution in [2.24, 2.45) is 0 Å². The van der Waals surface area contributed by atoms with Gasteiger partial charge in [-0.05, 0) is 17.9 Å². The fourth-order valence-electron chi connectivity index (χ4n) is 1.55. The number of ether oxygens (including phenoxy) is 1. The van der Waals surface area contributed by atoms with E-state index >= 15 is 0 Å². The molecule has 0 aliphatic rings. The smallest absolute Gasteiger partial charge is 0.0809 e. The second kappa shape index (κ2) is 8.93. The molecule has 0 unspecified atom stereocenters. The summed E-state index contributed by atoms with van der Waals surface area (Å²) in [6, 6.07) is 4.21. The molecule has 0 aromatic carbocycles. The van der Waals surface area contributed by atoms with Gasteiger partial charge in [-0.15, -0.1) is 11.3 Å². The number of hydrogen-bond acceptors (Lipinski definition) is 2. The molecule has 1 aromatic rings. The van der Waals surface area contributed by atoms with Crippen molar-refractivity contribution < 1.29 is 4.74 Å². The Morgan fingerprint density at radius 2 is 1.93 bits per heavy atom. The van der Waals surface area contributed by atoms with Gasteiger partial charge < -0.3 is 4.74 Å². The van der Waals surface area contributed by atoms with Gasteiger partial charge in [0.2, 0.25) is 0 Å². The zero-order chi connectivity index (χ0) is 10.8. The summed E-state index contributed by atoms with van der Waals surface area (Å²) >= 11 is 1.77. The molecule has 1 rings (SSSR count). The minimum atomic E-state index is 0.798. The second-order valence-corrected chi connectivity index (χ2v) is 4.93. The van der Waals surface area contributed by atoms with Crippen LogP contribution >= 0.6 is 11.3 Å². The molecule has 2 heteroatoms. The van der Waals surface area contributed by atoms with E-state index in [1.54, 1.807) is 11.3 Å². The van der Waals surface area contributed by atoms with Crippen LogP contribution in [0.4, 0.5) is 0 Å². The first-order valence-corrected chi connectivity index (χ1v) is 6.91. The molecule has 1 aromatic heterocycles. The first kappa shape index (κ1) is 12.7. The highest BCUT2D eigenvalue weighted by atomic mass is 32.1. The lowest BCUT2D eigenvalue weighted by atomic mass is 10.1. The van der Waals surface area contributed by atoms with E-state index in [2.05, 4.69) is 24.4 Å². The number of hydrogen-bond donors (Lipinski definition) is 0. The number of unbranched alkanes of at least 4 members (excludes halogenated alkanes) is 5. The summed E-state index contributed by atoms with van der Waals surface area (Å²) in [6.45, 7) is 3.97. The quantitative estimate of drug-likeness (QED) is 0.558. The van der Waals surface area contributed by atoms with Gasteiger partial charge in [0.15, 0.2) is 0 Å². The van der Waals surface area contributed by atoms with Crippen molar-refractivity contribution in [1.29, 1.82) is 0 Å². The molecule has 0 radical (unpaired) electrons. The fourth-order valence-corrected chi connectivity index (χ4v) is 2.19. The zero-order valence-electron chi connectivity index (χ0n) is 9.71. The van der Waals surface area contributed by atoms with Crippen molar-refractivity contribution in [1.82, 2.24) is 0 Å². The van der Waals surface area contributed by atoms with E-state index in [9.17, 15) is 0 Å². The van der Waals surface area contributed by atoms with E-state index in [0.29, 0.717) is 0 Å². The molecule has 0 aliphatic heterocycles. The first-order chi connectivity index (χ1) is 7.43. The maximum Gasteiger partial charge on any atom is 0.0809 e.